The summed E-state index contributed by atoms with van der Waals surface area (Å²) in [7, 11) is 1.78. The summed E-state index contributed by atoms with van der Waals surface area (Å²) >= 11 is 0. The molecule has 0 unspecified atom stereocenters. The van der Waals surface area contributed by atoms with Crippen molar-refractivity contribution in [3.05, 3.63) is 0 Å². The number of likely N-dealkylation sites (N-methyl/N-ethyl adjacent to an activating group) is 1. The molecule has 1 aliphatic carbocycles. The molecule has 0 aliphatic heterocycles. The fourth-order valence-corrected chi connectivity index (χ4v) is 1.08. The van der Waals surface area contributed by atoms with Crippen LogP contribution >= 0.6 is 0 Å². The molecule has 1 fully saturated rings. The summed E-state index contributed by atoms with van der Waals surface area (Å²) in [6, 6.07) is 0.419. The van der Waals surface area contributed by atoms with E-state index in [1.54, 1.807) is 11.9 Å². The van der Waals surface area contributed by atoms with Crippen molar-refractivity contribution < 1.29 is 9.59 Å². The molecule has 1 rings (SSSR count). The third-order valence-corrected chi connectivity index (χ3v) is 2.06. The van der Waals surface area contributed by atoms with E-state index in [9.17, 15) is 9.59 Å². The lowest BCUT2D eigenvalue weighted by atomic mass is 10.4. The van der Waals surface area contributed by atoms with Gasteiger partial charge in [-0.05, 0) is 12.8 Å². The maximum Gasteiger partial charge on any atom is 0.236 e. The van der Waals surface area contributed by atoms with E-state index in [4.69, 9.17) is 5.73 Å². The standard InChI is InChI=1S/C8H15N3O2/c1-11(6-2-3-6)8(13)5-10-4-7(9)12/h6,10H,2-5H2,1H3,(H2,9,12). The lowest BCUT2D eigenvalue weighted by Crippen LogP contribution is -2.39. The Morgan fingerprint density at radius 2 is 2.08 bits per heavy atom. The Hall–Kier alpha value is -1.10. The van der Waals surface area contributed by atoms with Crippen LogP contribution in [0.15, 0.2) is 0 Å². The molecule has 0 aromatic heterocycles. The lowest BCUT2D eigenvalue weighted by Gasteiger charge is -2.15. The molecule has 5 heteroatoms. The zero-order valence-electron chi connectivity index (χ0n) is 7.75. The number of hydrogen-bond donors (Lipinski definition) is 2. The number of nitrogens with one attached hydrogen (secondary N) is 1. The van der Waals surface area contributed by atoms with Crippen LogP contribution in [0.4, 0.5) is 0 Å². The second kappa shape index (κ2) is 4.23. The Labute approximate surface area is 77.3 Å². The number of carbonyl (C=O) groups is 2. The smallest absolute Gasteiger partial charge is 0.236 e. The van der Waals surface area contributed by atoms with E-state index >= 15 is 0 Å². The molecule has 0 spiro atoms. The van der Waals surface area contributed by atoms with Gasteiger partial charge in [-0.25, -0.2) is 0 Å². The maximum atomic E-state index is 11.3. The molecule has 2 amide bonds. The van der Waals surface area contributed by atoms with E-state index in [0.717, 1.165) is 12.8 Å². The second-order valence-corrected chi connectivity index (χ2v) is 3.31. The van der Waals surface area contributed by atoms with Crippen LogP contribution in [-0.4, -0.2) is 42.9 Å². The molecule has 1 saturated carbocycles. The minimum absolute atomic E-state index is 0.0174. The summed E-state index contributed by atoms with van der Waals surface area (Å²) < 4.78 is 0. The molecular weight excluding hydrogens is 170 g/mol. The molecule has 3 N–H and O–H groups in total. The number of rotatable bonds is 5. The zero-order valence-corrected chi connectivity index (χ0v) is 7.75. The molecule has 0 bridgehead atoms. The minimum atomic E-state index is -0.443. The quantitative estimate of drug-likeness (QED) is 0.558. The van der Waals surface area contributed by atoms with Crippen molar-refractivity contribution in [3.8, 4) is 0 Å². The Balaban J connectivity index is 2.13. The number of carbonyl (C=O) groups excluding carboxylic acids is 2. The van der Waals surface area contributed by atoms with Gasteiger partial charge in [0.2, 0.25) is 11.8 Å². The summed E-state index contributed by atoms with van der Waals surface area (Å²) in [6.07, 6.45) is 2.19. The van der Waals surface area contributed by atoms with Crippen LogP contribution in [0, 0.1) is 0 Å². The van der Waals surface area contributed by atoms with Crippen LogP contribution < -0.4 is 11.1 Å². The molecule has 0 saturated heterocycles. The highest BCUT2D eigenvalue weighted by molar-refractivity contribution is 5.80. The normalized spacial score (nSPS) is 15.5. The lowest BCUT2D eigenvalue weighted by molar-refractivity contribution is -0.129. The van der Waals surface area contributed by atoms with Gasteiger partial charge in [0.05, 0.1) is 13.1 Å². The summed E-state index contributed by atoms with van der Waals surface area (Å²) in [6.45, 7) is 0.250. The topological polar surface area (TPSA) is 75.4 Å². The van der Waals surface area contributed by atoms with Crippen molar-refractivity contribution in [1.29, 1.82) is 0 Å². The summed E-state index contributed by atoms with van der Waals surface area (Å²) in [4.78, 5) is 23.4. The van der Waals surface area contributed by atoms with Crippen LogP contribution in [0.5, 0.6) is 0 Å². The number of hydrogen-bond acceptors (Lipinski definition) is 3. The zero-order chi connectivity index (χ0) is 9.84. The number of nitrogens with two attached hydrogens (primary N) is 1. The molecule has 74 valence electrons. The van der Waals surface area contributed by atoms with Crippen LogP contribution in [0.3, 0.4) is 0 Å². The highest BCUT2D eigenvalue weighted by atomic mass is 16.2. The van der Waals surface area contributed by atoms with Crippen LogP contribution in [0.25, 0.3) is 0 Å². The molecule has 0 atom stereocenters. The van der Waals surface area contributed by atoms with Crippen LogP contribution in [-0.2, 0) is 9.59 Å². The van der Waals surface area contributed by atoms with E-state index in [0.29, 0.717) is 6.04 Å². The summed E-state index contributed by atoms with van der Waals surface area (Å²) in [5.74, 6) is -0.425. The van der Waals surface area contributed by atoms with Gasteiger partial charge in [0.1, 0.15) is 0 Å². The first-order valence-electron chi connectivity index (χ1n) is 4.36. The van der Waals surface area contributed by atoms with Crippen molar-refractivity contribution >= 4 is 11.8 Å². The average molecular weight is 185 g/mol. The molecule has 0 radical (unpaired) electrons. The Morgan fingerprint density at radius 3 is 2.54 bits per heavy atom. The Kier molecular flexibility index (Phi) is 3.25. The molecule has 0 heterocycles. The van der Waals surface area contributed by atoms with Gasteiger partial charge in [-0.1, -0.05) is 0 Å². The van der Waals surface area contributed by atoms with E-state index in [1.165, 1.54) is 0 Å². The second-order valence-electron chi connectivity index (χ2n) is 3.31. The van der Waals surface area contributed by atoms with Gasteiger partial charge >= 0.3 is 0 Å². The summed E-state index contributed by atoms with van der Waals surface area (Å²) in [5, 5.41) is 2.68. The third kappa shape index (κ3) is 3.42. The predicted octanol–water partition coefficient (Wildman–Crippen LogP) is -1.32. The van der Waals surface area contributed by atoms with Crippen molar-refractivity contribution in [3.63, 3.8) is 0 Å². The first kappa shape index (κ1) is 9.98. The molecule has 13 heavy (non-hydrogen) atoms. The number of primary amides is 1. The molecule has 0 aromatic carbocycles. The van der Waals surface area contributed by atoms with E-state index < -0.39 is 5.91 Å². The van der Waals surface area contributed by atoms with Crippen molar-refractivity contribution in [2.24, 2.45) is 5.73 Å². The van der Waals surface area contributed by atoms with Gasteiger partial charge in [-0.2, -0.15) is 0 Å². The van der Waals surface area contributed by atoms with Crippen LogP contribution in [0.1, 0.15) is 12.8 Å². The first-order chi connectivity index (χ1) is 6.11. The SMILES string of the molecule is CN(C(=O)CNCC(N)=O)C1CC1. The average Bonchev–Trinajstić information content (AvgIpc) is 2.84. The highest BCUT2D eigenvalue weighted by Crippen LogP contribution is 2.24. The molecule has 0 aromatic rings. The van der Waals surface area contributed by atoms with E-state index in [2.05, 4.69) is 5.32 Å². The predicted molar refractivity (Wildman–Crippen MR) is 47.9 cm³/mol. The van der Waals surface area contributed by atoms with Crippen molar-refractivity contribution in [1.82, 2.24) is 10.2 Å². The molecular formula is C8H15N3O2. The maximum absolute atomic E-state index is 11.3. The molecule has 5 nitrogen and oxygen atoms in total. The van der Waals surface area contributed by atoms with Gasteiger partial charge in [0.15, 0.2) is 0 Å². The van der Waals surface area contributed by atoms with Gasteiger partial charge in [-0.3, -0.25) is 14.9 Å². The molecule has 1 aliphatic rings. The Bertz CT molecular complexity index is 213. The van der Waals surface area contributed by atoms with Crippen LogP contribution in [0.2, 0.25) is 0 Å². The van der Waals surface area contributed by atoms with Gasteiger partial charge in [-0.15, -0.1) is 0 Å². The highest BCUT2D eigenvalue weighted by Gasteiger charge is 2.28. The van der Waals surface area contributed by atoms with Gasteiger partial charge < -0.3 is 10.6 Å². The summed E-state index contributed by atoms with van der Waals surface area (Å²) in [5.41, 5.74) is 4.90. The largest absolute Gasteiger partial charge is 0.369 e. The van der Waals surface area contributed by atoms with Crippen molar-refractivity contribution in [2.45, 2.75) is 18.9 Å². The fraction of sp³-hybridized carbons (Fsp3) is 0.750. The monoisotopic (exact) mass is 185 g/mol. The fourth-order valence-electron chi connectivity index (χ4n) is 1.08. The third-order valence-electron chi connectivity index (χ3n) is 2.06. The van der Waals surface area contributed by atoms with E-state index in [1.807, 2.05) is 0 Å². The minimum Gasteiger partial charge on any atom is -0.369 e. The van der Waals surface area contributed by atoms with Gasteiger partial charge in [0, 0.05) is 13.1 Å². The Morgan fingerprint density at radius 1 is 1.46 bits per heavy atom. The van der Waals surface area contributed by atoms with E-state index in [-0.39, 0.29) is 19.0 Å². The number of nitrogens with zero attached hydrogens (tertiary/aromatic N) is 1. The first-order valence-corrected chi connectivity index (χ1v) is 4.36. The number of amides is 2. The van der Waals surface area contributed by atoms with Crippen molar-refractivity contribution in [2.75, 3.05) is 20.1 Å². The van der Waals surface area contributed by atoms with Gasteiger partial charge in [0.25, 0.3) is 0 Å².